The monoisotopic (exact) mass is 246 g/mol. The number of hydrogen-bond donors (Lipinski definition) is 1. The van der Waals surface area contributed by atoms with Crippen LogP contribution in [0.1, 0.15) is 5.69 Å². The summed E-state index contributed by atoms with van der Waals surface area (Å²) in [5.74, 6) is 0.855. The topological polar surface area (TPSA) is 48.1 Å². The number of benzene rings is 1. The van der Waals surface area contributed by atoms with Gasteiger partial charge in [-0.15, -0.1) is 0 Å². The Morgan fingerprint density at radius 3 is 2.65 bits per heavy atom. The molecule has 0 radical (unpaired) electrons. The van der Waals surface area contributed by atoms with Gasteiger partial charge in [-0.3, -0.25) is 0 Å². The first-order chi connectivity index (χ1) is 8.20. The van der Waals surface area contributed by atoms with Gasteiger partial charge in [0.1, 0.15) is 10.8 Å². The zero-order valence-electron chi connectivity index (χ0n) is 9.81. The van der Waals surface area contributed by atoms with E-state index in [1.54, 1.807) is 18.9 Å². The number of para-hydroxylation sites is 1. The quantitative estimate of drug-likeness (QED) is 0.904. The highest BCUT2D eigenvalue weighted by Gasteiger charge is 2.05. The fourth-order valence-corrected chi connectivity index (χ4v) is 2.36. The van der Waals surface area contributed by atoms with Crippen molar-refractivity contribution in [1.82, 2.24) is 4.98 Å². The molecule has 1 aromatic heterocycles. The van der Waals surface area contributed by atoms with Crippen molar-refractivity contribution < 1.29 is 4.74 Å². The molecule has 0 atom stereocenters. The number of pyridine rings is 1. The molecule has 0 spiro atoms. The number of rotatable bonds is 3. The third kappa shape index (κ3) is 2.71. The molecular weight excluding hydrogens is 232 g/mol. The number of aryl methyl sites for hydroxylation is 1. The molecule has 2 rings (SSSR count). The molecule has 0 amide bonds. The van der Waals surface area contributed by atoms with Gasteiger partial charge in [0.2, 0.25) is 0 Å². The second-order valence-corrected chi connectivity index (χ2v) is 4.64. The maximum atomic E-state index is 5.74. The van der Waals surface area contributed by atoms with Crippen molar-refractivity contribution in [3.05, 3.63) is 42.1 Å². The molecular formula is C13H14N2OS. The zero-order valence-corrected chi connectivity index (χ0v) is 10.6. The van der Waals surface area contributed by atoms with Gasteiger partial charge >= 0.3 is 0 Å². The normalized spacial score (nSPS) is 10.2. The first-order valence-electron chi connectivity index (χ1n) is 5.24. The Kier molecular flexibility index (Phi) is 3.54. The highest BCUT2D eigenvalue weighted by Crippen LogP contribution is 2.33. The van der Waals surface area contributed by atoms with Gasteiger partial charge in [-0.2, -0.15) is 0 Å². The Labute approximate surface area is 105 Å². The largest absolute Gasteiger partial charge is 0.496 e. The number of aromatic nitrogens is 1. The van der Waals surface area contributed by atoms with E-state index < -0.39 is 0 Å². The summed E-state index contributed by atoms with van der Waals surface area (Å²) >= 11 is 1.57. The minimum absolute atomic E-state index is 0.717. The van der Waals surface area contributed by atoms with Gasteiger partial charge in [0, 0.05) is 0 Å². The number of nitrogens with two attached hydrogens (primary N) is 1. The fourth-order valence-electron chi connectivity index (χ4n) is 1.42. The van der Waals surface area contributed by atoms with Gasteiger partial charge in [-0.1, -0.05) is 23.9 Å². The molecule has 1 heterocycles. The molecule has 0 bridgehead atoms. The van der Waals surface area contributed by atoms with Crippen molar-refractivity contribution in [2.24, 2.45) is 0 Å². The average molecular weight is 246 g/mol. The Balaban J connectivity index is 2.28. The predicted octanol–water partition coefficient (Wildman–Crippen LogP) is 3.13. The summed E-state index contributed by atoms with van der Waals surface area (Å²) in [5, 5.41) is 0.918. The van der Waals surface area contributed by atoms with Gasteiger partial charge in [0.15, 0.2) is 0 Å². The van der Waals surface area contributed by atoms with Gasteiger partial charge in [-0.25, -0.2) is 4.98 Å². The van der Waals surface area contributed by atoms with Crippen molar-refractivity contribution >= 4 is 17.4 Å². The number of nitrogen functional groups attached to an aromatic ring is 1. The van der Waals surface area contributed by atoms with Crippen LogP contribution >= 0.6 is 11.8 Å². The molecule has 0 unspecified atom stereocenters. The molecule has 88 valence electrons. The van der Waals surface area contributed by atoms with E-state index in [1.807, 2.05) is 43.3 Å². The zero-order chi connectivity index (χ0) is 12.3. The van der Waals surface area contributed by atoms with Crippen LogP contribution in [0.3, 0.4) is 0 Å². The van der Waals surface area contributed by atoms with Crippen LogP contribution in [0.25, 0.3) is 0 Å². The van der Waals surface area contributed by atoms with Crippen LogP contribution in [0, 0.1) is 6.92 Å². The van der Waals surface area contributed by atoms with Gasteiger partial charge < -0.3 is 10.5 Å². The summed E-state index contributed by atoms with van der Waals surface area (Å²) in [6.07, 6.45) is 0. The molecule has 0 aliphatic carbocycles. The van der Waals surface area contributed by atoms with E-state index in [0.717, 1.165) is 27.1 Å². The minimum Gasteiger partial charge on any atom is -0.496 e. The Morgan fingerprint density at radius 1 is 1.18 bits per heavy atom. The van der Waals surface area contributed by atoms with Crippen molar-refractivity contribution in [2.45, 2.75) is 16.8 Å². The van der Waals surface area contributed by atoms with Crippen LogP contribution in [-0.4, -0.2) is 12.1 Å². The summed E-state index contributed by atoms with van der Waals surface area (Å²) in [7, 11) is 1.67. The summed E-state index contributed by atoms with van der Waals surface area (Å²) in [5.41, 5.74) is 7.31. The van der Waals surface area contributed by atoms with Crippen LogP contribution in [0.5, 0.6) is 5.75 Å². The van der Waals surface area contributed by atoms with Crippen molar-refractivity contribution in [3.63, 3.8) is 0 Å². The van der Waals surface area contributed by atoms with E-state index in [0.29, 0.717) is 0 Å². The highest BCUT2D eigenvalue weighted by atomic mass is 32.2. The SMILES string of the molecule is COc1ccccc1Sc1ccc(N)c(C)n1. The second-order valence-electron chi connectivity index (χ2n) is 3.58. The maximum Gasteiger partial charge on any atom is 0.132 e. The summed E-state index contributed by atoms with van der Waals surface area (Å²) in [6, 6.07) is 11.7. The maximum absolute atomic E-state index is 5.74. The Bertz CT molecular complexity index is 529. The van der Waals surface area contributed by atoms with Crippen molar-refractivity contribution in [3.8, 4) is 5.75 Å². The lowest BCUT2D eigenvalue weighted by atomic mass is 10.3. The lowest BCUT2D eigenvalue weighted by Gasteiger charge is -2.08. The highest BCUT2D eigenvalue weighted by molar-refractivity contribution is 7.99. The third-order valence-corrected chi connectivity index (χ3v) is 3.38. The van der Waals surface area contributed by atoms with Crippen LogP contribution in [0.4, 0.5) is 5.69 Å². The van der Waals surface area contributed by atoms with E-state index in [9.17, 15) is 0 Å². The summed E-state index contributed by atoms with van der Waals surface area (Å²) in [6.45, 7) is 1.90. The standard InChI is InChI=1S/C13H14N2OS/c1-9-10(14)7-8-13(15-9)17-12-6-4-3-5-11(12)16-2/h3-8H,14H2,1-2H3. The number of ether oxygens (including phenoxy) is 1. The molecule has 17 heavy (non-hydrogen) atoms. The molecule has 2 aromatic rings. The Morgan fingerprint density at radius 2 is 1.94 bits per heavy atom. The van der Waals surface area contributed by atoms with Crippen LogP contribution in [-0.2, 0) is 0 Å². The summed E-state index contributed by atoms with van der Waals surface area (Å²) in [4.78, 5) is 5.47. The summed E-state index contributed by atoms with van der Waals surface area (Å²) < 4.78 is 5.30. The van der Waals surface area contributed by atoms with E-state index in [-0.39, 0.29) is 0 Å². The first-order valence-corrected chi connectivity index (χ1v) is 6.06. The van der Waals surface area contributed by atoms with Crippen LogP contribution in [0.15, 0.2) is 46.3 Å². The van der Waals surface area contributed by atoms with E-state index in [2.05, 4.69) is 4.98 Å². The molecule has 1 aromatic carbocycles. The molecule has 3 nitrogen and oxygen atoms in total. The predicted molar refractivity (Wildman–Crippen MR) is 70.5 cm³/mol. The lowest BCUT2D eigenvalue weighted by Crippen LogP contribution is -1.93. The molecule has 0 fully saturated rings. The molecule has 0 saturated heterocycles. The smallest absolute Gasteiger partial charge is 0.132 e. The fraction of sp³-hybridized carbons (Fsp3) is 0.154. The second kappa shape index (κ2) is 5.10. The van der Waals surface area contributed by atoms with E-state index in [4.69, 9.17) is 10.5 Å². The third-order valence-electron chi connectivity index (χ3n) is 2.38. The number of hydrogen-bond acceptors (Lipinski definition) is 4. The van der Waals surface area contributed by atoms with Crippen molar-refractivity contribution in [2.75, 3.05) is 12.8 Å². The van der Waals surface area contributed by atoms with E-state index >= 15 is 0 Å². The lowest BCUT2D eigenvalue weighted by molar-refractivity contribution is 0.405. The van der Waals surface area contributed by atoms with E-state index in [1.165, 1.54) is 0 Å². The Hall–Kier alpha value is -1.68. The average Bonchev–Trinajstić information content (AvgIpc) is 2.34. The first kappa shape index (κ1) is 11.8. The molecule has 0 aliphatic heterocycles. The van der Waals surface area contributed by atoms with Crippen LogP contribution in [0.2, 0.25) is 0 Å². The van der Waals surface area contributed by atoms with Crippen LogP contribution < -0.4 is 10.5 Å². The number of methoxy groups -OCH3 is 1. The molecule has 4 heteroatoms. The van der Waals surface area contributed by atoms with Gasteiger partial charge in [0.05, 0.1) is 23.4 Å². The number of nitrogens with zero attached hydrogens (tertiary/aromatic N) is 1. The van der Waals surface area contributed by atoms with Gasteiger partial charge in [0.25, 0.3) is 0 Å². The van der Waals surface area contributed by atoms with Gasteiger partial charge in [-0.05, 0) is 31.2 Å². The number of anilines is 1. The van der Waals surface area contributed by atoms with Crippen molar-refractivity contribution in [1.29, 1.82) is 0 Å². The minimum atomic E-state index is 0.717. The molecule has 0 aliphatic rings. The molecule has 2 N–H and O–H groups in total. The molecule has 0 saturated carbocycles.